The summed E-state index contributed by atoms with van der Waals surface area (Å²) in [5.41, 5.74) is 0. The molecule has 52 valence electrons. The van der Waals surface area contributed by atoms with E-state index in [1.165, 1.54) is 11.8 Å². The molecule has 0 aliphatic heterocycles. The van der Waals surface area contributed by atoms with Gasteiger partial charge in [-0.3, -0.25) is 10.1 Å². The molecule has 0 saturated heterocycles. The largest absolute Gasteiger partial charge is 0.378 e. The van der Waals surface area contributed by atoms with E-state index in [4.69, 9.17) is 0 Å². The zero-order valence-electron chi connectivity index (χ0n) is 5.25. The Morgan fingerprint density at radius 3 is 2.56 bits per heavy atom. The van der Waals surface area contributed by atoms with Crippen LogP contribution in [-0.2, 0) is 0 Å². The predicted octanol–water partition coefficient (Wildman–Crippen LogP) is 0.644. The van der Waals surface area contributed by atoms with Gasteiger partial charge in [0.05, 0.1) is 4.92 Å². The van der Waals surface area contributed by atoms with Gasteiger partial charge in [-0.15, -0.1) is 11.8 Å². The van der Waals surface area contributed by atoms with Crippen molar-refractivity contribution in [3.05, 3.63) is 21.3 Å². The summed E-state index contributed by atoms with van der Waals surface area (Å²) < 4.78 is 0. The van der Waals surface area contributed by atoms with E-state index in [9.17, 15) is 10.1 Å². The Hall–Kier alpha value is -0.710. The molecule has 0 aliphatic carbocycles. The molecule has 4 nitrogen and oxygen atoms in total. The number of hydrogen-bond donors (Lipinski definition) is 1. The summed E-state index contributed by atoms with van der Waals surface area (Å²) in [4.78, 5) is 9.32. The van der Waals surface area contributed by atoms with Crippen LogP contribution < -0.4 is 5.32 Å². The first-order valence-corrected chi connectivity index (χ1v) is 3.50. The Morgan fingerprint density at radius 1 is 1.89 bits per heavy atom. The normalized spacial score (nSPS) is 11.1. The van der Waals surface area contributed by atoms with Gasteiger partial charge in [0.25, 0.3) is 6.20 Å². The molecule has 0 atom stereocenters. The molecule has 0 amide bonds. The molecular formula is C4H8N2O2S. The smallest absolute Gasteiger partial charge is 0.263 e. The lowest BCUT2D eigenvalue weighted by Crippen LogP contribution is -2.03. The average Bonchev–Trinajstić information content (AvgIpc) is 1.82. The van der Waals surface area contributed by atoms with Gasteiger partial charge in [0, 0.05) is 7.05 Å². The molecule has 0 rings (SSSR count). The highest BCUT2D eigenvalue weighted by Gasteiger charge is 1.94. The summed E-state index contributed by atoms with van der Waals surface area (Å²) >= 11 is 1.31. The Bertz CT molecular complexity index is 129. The molecule has 0 heterocycles. The van der Waals surface area contributed by atoms with E-state index in [-0.39, 0.29) is 0 Å². The summed E-state index contributed by atoms with van der Waals surface area (Å²) in [6.45, 7) is 0. The summed E-state index contributed by atoms with van der Waals surface area (Å²) in [5, 5.41) is 13.0. The van der Waals surface area contributed by atoms with Crippen molar-refractivity contribution in [2.75, 3.05) is 13.3 Å². The lowest BCUT2D eigenvalue weighted by atomic mass is 10.9. The van der Waals surface area contributed by atoms with Crippen LogP contribution in [0.2, 0.25) is 0 Å². The first-order valence-electron chi connectivity index (χ1n) is 2.27. The van der Waals surface area contributed by atoms with Gasteiger partial charge < -0.3 is 5.32 Å². The SMILES string of the molecule is CN/C(=C/[N+](=O)[O-])SC. The molecule has 0 fully saturated rings. The van der Waals surface area contributed by atoms with Gasteiger partial charge >= 0.3 is 0 Å². The van der Waals surface area contributed by atoms with Gasteiger partial charge in [-0.05, 0) is 6.26 Å². The number of nitro groups is 1. The molecule has 0 aromatic heterocycles. The molecule has 9 heavy (non-hydrogen) atoms. The van der Waals surface area contributed by atoms with Crippen LogP contribution in [0.3, 0.4) is 0 Å². The zero-order chi connectivity index (χ0) is 7.28. The van der Waals surface area contributed by atoms with Crippen LogP contribution in [0.5, 0.6) is 0 Å². The molecule has 1 N–H and O–H groups in total. The van der Waals surface area contributed by atoms with Crippen molar-refractivity contribution >= 4 is 11.8 Å². The highest BCUT2D eigenvalue weighted by Crippen LogP contribution is 2.04. The second kappa shape index (κ2) is 4.20. The quantitative estimate of drug-likeness (QED) is 0.471. The van der Waals surface area contributed by atoms with E-state index >= 15 is 0 Å². The number of nitrogens with zero attached hydrogens (tertiary/aromatic N) is 1. The molecule has 0 aromatic carbocycles. The van der Waals surface area contributed by atoms with Crippen LogP contribution in [0.1, 0.15) is 0 Å². The van der Waals surface area contributed by atoms with E-state index in [1.54, 1.807) is 13.3 Å². The standard InChI is InChI=1S/C4H8N2O2S/c1-5-4(9-2)3-6(7)8/h3,5H,1-2H3/b4-3-. The summed E-state index contributed by atoms with van der Waals surface area (Å²) in [5.74, 6) is 0. The van der Waals surface area contributed by atoms with Crippen LogP contribution in [-0.4, -0.2) is 18.2 Å². The lowest BCUT2D eigenvalue weighted by molar-refractivity contribution is -0.403. The van der Waals surface area contributed by atoms with Crippen LogP contribution in [0.15, 0.2) is 11.2 Å². The maximum Gasteiger partial charge on any atom is 0.263 e. The van der Waals surface area contributed by atoms with E-state index in [0.717, 1.165) is 6.20 Å². The third-order valence-electron chi connectivity index (χ3n) is 0.689. The molecular weight excluding hydrogens is 140 g/mol. The maximum absolute atomic E-state index is 9.80. The van der Waals surface area contributed by atoms with Gasteiger partial charge in [0.1, 0.15) is 5.03 Å². The van der Waals surface area contributed by atoms with Crippen molar-refractivity contribution in [1.29, 1.82) is 0 Å². The fourth-order valence-electron chi connectivity index (χ4n) is 0.315. The highest BCUT2D eigenvalue weighted by atomic mass is 32.2. The van der Waals surface area contributed by atoms with E-state index in [2.05, 4.69) is 5.32 Å². The van der Waals surface area contributed by atoms with Crippen LogP contribution in [0, 0.1) is 10.1 Å². The summed E-state index contributed by atoms with van der Waals surface area (Å²) in [6.07, 6.45) is 2.70. The van der Waals surface area contributed by atoms with E-state index < -0.39 is 4.92 Å². The minimum atomic E-state index is -0.484. The van der Waals surface area contributed by atoms with Gasteiger partial charge in [-0.1, -0.05) is 0 Å². The monoisotopic (exact) mass is 148 g/mol. The minimum Gasteiger partial charge on any atom is -0.378 e. The van der Waals surface area contributed by atoms with Crippen molar-refractivity contribution in [2.45, 2.75) is 0 Å². The number of thioether (sulfide) groups is 1. The summed E-state index contributed by atoms with van der Waals surface area (Å²) in [7, 11) is 1.64. The molecule has 0 radical (unpaired) electrons. The molecule has 0 spiro atoms. The second-order valence-corrected chi connectivity index (χ2v) is 2.08. The predicted molar refractivity (Wildman–Crippen MR) is 37.7 cm³/mol. The first kappa shape index (κ1) is 8.29. The Kier molecular flexibility index (Phi) is 3.87. The third-order valence-corrected chi connectivity index (χ3v) is 1.44. The minimum absolute atomic E-state index is 0.484. The van der Waals surface area contributed by atoms with Crippen LogP contribution in [0.4, 0.5) is 0 Å². The number of rotatable bonds is 3. The second-order valence-electron chi connectivity index (χ2n) is 1.23. The molecule has 0 aliphatic rings. The van der Waals surface area contributed by atoms with Crippen molar-refractivity contribution < 1.29 is 4.92 Å². The van der Waals surface area contributed by atoms with Crippen molar-refractivity contribution in [3.8, 4) is 0 Å². The fraction of sp³-hybridized carbons (Fsp3) is 0.500. The first-order chi connectivity index (χ1) is 4.20. The van der Waals surface area contributed by atoms with Gasteiger partial charge in [-0.2, -0.15) is 0 Å². The molecule has 0 saturated carbocycles. The maximum atomic E-state index is 9.80. The van der Waals surface area contributed by atoms with E-state index in [1.807, 2.05) is 0 Å². The van der Waals surface area contributed by atoms with Crippen molar-refractivity contribution in [1.82, 2.24) is 5.32 Å². The molecule has 5 heteroatoms. The van der Waals surface area contributed by atoms with Crippen LogP contribution >= 0.6 is 11.8 Å². The molecule has 0 bridgehead atoms. The van der Waals surface area contributed by atoms with Gasteiger partial charge in [0.15, 0.2) is 0 Å². The topological polar surface area (TPSA) is 55.2 Å². The zero-order valence-corrected chi connectivity index (χ0v) is 6.07. The van der Waals surface area contributed by atoms with Crippen molar-refractivity contribution in [2.24, 2.45) is 0 Å². The van der Waals surface area contributed by atoms with Crippen LogP contribution in [0.25, 0.3) is 0 Å². The highest BCUT2D eigenvalue weighted by molar-refractivity contribution is 8.02. The number of nitrogens with one attached hydrogen (secondary N) is 1. The average molecular weight is 148 g/mol. The Balaban J connectivity index is 3.91. The fourth-order valence-corrected chi connectivity index (χ4v) is 0.711. The molecule has 0 unspecified atom stereocenters. The third kappa shape index (κ3) is 3.84. The molecule has 0 aromatic rings. The van der Waals surface area contributed by atoms with E-state index in [0.29, 0.717) is 5.03 Å². The lowest BCUT2D eigenvalue weighted by Gasteiger charge is -1.94. The Morgan fingerprint density at radius 2 is 2.44 bits per heavy atom. The number of hydrogen-bond acceptors (Lipinski definition) is 4. The summed E-state index contributed by atoms with van der Waals surface area (Å²) in [6, 6.07) is 0. The Labute approximate surface area is 57.5 Å². The van der Waals surface area contributed by atoms with Gasteiger partial charge in [0.2, 0.25) is 0 Å². The van der Waals surface area contributed by atoms with Crippen molar-refractivity contribution in [3.63, 3.8) is 0 Å². The van der Waals surface area contributed by atoms with Gasteiger partial charge in [-0.25, -0.2) is 0 Å².